The average molecular weight is 282 g/mol. The van der Waals surface area contributed by atoms with Crippen LogP contribution in [0.4, 0.5) is 5.82 Å². The van der Waals surface area contributed by atoms with Gasteiger partial charge in [0.2, 0.25) is 0 Å². The molecular formula is C10H12BrN5. The highest BCUT2D eigenvalue weighted by molar-refractivity contribution is 9.10. The third-order valence-corrected chi connectivity index (χ3v) is 3.28. The van der Waals surface area contributed by atoms with Crippen LogP contribution in [0.5, 0.6) is 0 Å². The number of aromatic nitrogens is 4. The molecule has 0 aliphatic carbocycles. The molecule has 0 spiro atoms. The minimum Gasteiger partial charge on any atom is -0.383 e. The molecule has 5 nitrogen and oxygen atoms in total. The van der Waals surface area contributed by atoms with Crippen molar-refractivity contribution in [2.45, 2.75) is 13.8 Å². The lowest BCUT2D eigenvalue weighted by atomic mass is 10.2. The van der Waals surface area contributed by atoms with Crippen LogP contribution in [0, 0.1) is 13.8 Å². The minimum absolute atomic E-state index is 0.450. The lowest BCUT2D eigenvalue weighted by molar-refractivity contribution is 0.756. The van der Waals surface area contributed by atoms with E-state index in [0.717, 1.165) is 21.4 Å². The minimum atomic E-state index is 0.450. The van der Waals surface area contributed by atoms with Crippen LogP contribution in [0.1, 0.15) is 11.4 Å². The second kappa shape index (κ2) is 3.86. The van der Waals surface area contributed by atoms with Gasteiger partial charge in [0, 0.05) is 13.2 Å². The van der Waals surface area contributed by atoms with Crippen LogP contribution < -0.4 is 5.73 Å². The van der Waals surface area contributed by atoms with Gasteiger partial charge in [0.05, 0.1) is 21.4 Å². The smallest absolute Gasteiger partial charge is 0.165 e. The largest absolute Gasteiger partial charge is 0.383 e. The zero-order chi connectivity index (χ0) is 11.9. The number of anilines is 1. The predicted molar refractivity (Wildman–Crippen MR) is 65.8 cm³/mol. The molecule has 0 saturated carbocycles. The maximum Gasteiger partial charge on any atom is 0.165 e. The quantitative estimate of drug-likeness (QED) is 0.866. The Kier molecular flexibility index (Phi) is 2.67. The summed E-state index contributed by atoms with van der Waals surface area (Å²) in [6.07, 6.45) is 1.89. The Bertz CT molecular complexity index is 523. The molecule has 0 bridgehead atoms. The van der Waals surface area contributed by atoms with E-state index in [1.807, 2.05) is 27.1 Å². The molecule has 0 atom stereocenters. The molecule has 16 heavy (non-hydrogen) atoms. The normalized spacial score (nSPS) is 10.8. The maximum absolute atomic E-state index is 5.79. The first-order valence-corrected chi connectivity index (χ1v) is 5.58. The third-order valence-electron chi connectivity index (χ3n) is 2.30. The van der Waals surface area contributed by atoms with Crippen LogP contribution in [0.3, 0.4) is 0 Å². The van der Waals surface area contributed by atoms with Crippen LogP contribution >= 0.6 is 15.9 Å². The van der Waals surface area contributed by atoms with Crippen molar-refractivity contribution in [3.63, 3.8) is 0 Å². The van der Waals surface area contributed by atoms with Crippen LogP contribution in [0.15, 0.2) is 10.7 Å². The fourth-order valence-electron chi connectivity index (χ4n) is 1.52. The summed E-state index contributed by atoms with van der Waals surface area (Å²) in [6.45, 7) is 3.81. The summed E-state index contributed by atoms with van der Waals surface area (Å²) in [7, 11) is 1.87. The number of nitrogens with two attached hydrogens (primary N) is 1. The SMILES string of the molecule is Cc1nn(C)cc1-c1nc(C)c(Br)c(N)n1. The van der Waals surface area contributed by atoms with E-state index in [1.165, 1.54) is 0 Å². The molecule has 6 heteroatoms. The van der Waals surface area contributed by atoms with Crippen molar-refractivity contribution in [1.29, 1.82) is 0 Å². The standard InChI is InChI=1S/C10H12BrN5/c1-5-7(4-16(3)15-5)10-13-6(2)8(11)9(12)14-10/h4H,1-3H3,(H2,12,13,14). The monoisotopic (exact) mass is 281 g/mol. The number of hydrogen-bond acceptors (Lipinski definition) is 4. The summed E-state index contributed by atoms with van der Waals surface area (Å²) >= 11 is 3.34. The second-order valence-corrected chi connectivity index (χ2v) is 4.43. The zero-order valence-electron chi connectivity index (χ0n) is 9.32. The van der Waals surface area contributed by atoms with E-state index in [-0.39, 0.29) is 0 Å². The molecule has 2 N–H and O–H groups in total. The van der Waals surface area contributed by atoms with Gasteiger partial charge in [-0.1, -0.05) is 0 Å². The Morgan fingerprint density at radius 2 is 1.94 bits per heavy atom. The zero-order valence-corrected chi connectivity index (χ0v) is 10.9. The molecule has 2 aromatic heterocycles. The van der Waals surface area contributed by atoms with E-state index in [2.05, 4.69) is 31.0 Å². The first kappa shape index (κ1) is 11.1. The van der Waals surface area contributed by atoms with Gasteiger partial charge >= 0.3 is 0 Å². The molecule has 0 amide bonds. The fourth-order valence-corrected chi connectivity index (χ4v) is 1.70. The van der Waals surface area contributed by atoms with Crippen molar-refractivity contribution in [3.05, 3.63) is 22.1 Å². The van der Waals surface area contributed by atoms with Gasteiger partial charge < -0.3 is 5.73 Å². The van der Waals surface area contributed by atoms with Gasteiger partial charge in [0.1, 0.15) is 5.82 Å². The van der Waals surface area contributed by atoms with Crippen LogP contribution in [0.2, 0.25) is 0 Å². The first-order chi connectivity index (χ1) is 7.49. The first-order valence-electron chi connectivity index (χ1n) is 4.79. The highest BCUT2D eigenvalue weighted by Gasteiger charge is 2.12. The summed E-state index contributed by atoms with van der Waals surface area (Å²) in [5.74, 6) is 1.06. The Morgan fingerprint density at radius 1 is 1.25 bits per heavy atom. The molecule has 0 radical (unpaired) electrons. The van der Waals surface area contributed by atoms with Crippen LogP contribution in [-0.4, -0.2) is 19.7 Å². The van der Waals surface area contributed by atoms with E-state index in [0.29, 0.717) is 11.6 Å². The molecule has 0 saturated heterocycles. The summed E-state index contributed by atoms with van der Waals surface area (Å²) in [6, 6.07) is 0. The highest BCUT2D eigenvalue weighted by Crippen LogP contribution is 2.25. The molecule has 0 aliphatic heterocycles. The van der Waals surface area contributed by atoms with Gasteiger partial charge in [0.25, 0.3) is 0 Å². The van der Waals surface area contributed by atoms with Crippen molar-refractivity contribution >= 4 is 21.7 Å². The summed E-state index contributed by atoms with van der Waals surface area (Å²) in [4.78, 5) is 8.63. The van der Waals surface area contributed by atoms with Crippen LogP contribution in [0.25, 0.3) is 11.4 Å². The lowest BCUT2D eigenvalue weighted by Gasteiger charge is -2.04. The Morgan fingerprint density at radius 3 is 2.44 bits per heavy atom. The number of rotatable bonds is 1. The van der Waals surface area contributed by atoms with Gasteiger partial charge in [-0.05, 0) is 29.8 Å². The van der Waals surface area contributed by atoms with Crippen molar-refractivity contribution in [1.82, 2.24) is 19.7 Å². The average Bonchev–Trinajstić information content (AvgIpc) is 2.53. The fraction of sp³-hybridized carbons (Fsp3) is 0.300. The van der Waals surface area contributed by atoms with E-state index >= 15 is 0 Å². The molecule has 84 valence electrons. The maximum atomic E-state index is 5.79. The molecule has 0 fully saturated rings. The predicted octanol–water partition coefficient (Wildman–Crippen LogP) is 1.84. The molecule has 2 heterocycles. The second-order valence-electron chi connectivity index (χ2n) is 3.63. The lowest BCUT2D eigenvalue weighted by Crippen LogP contribution is -2.00. The molecule has 2 aromatic rings. The highest BCUT2D eigenvalue weighted by atomic mass is 79.9. The van der Waals surface area contributed by atoms with Crippen LogP contribution in [-0.2, 0) is 7.05 Å². The van der Waals surface area contributed by atoms with Crippen molar-refractivity contribution < 1.29 is 0 Å². The Hall–Kier alpha value is -1.43. The summed E-state index contributed by atoms with van der Waals surface area (Å²) in [5.41, 5.74) is 8.41. The van der Waals surface area contributed by atoms with E-state index in [1.54, 1.807) is 4.68 Å². The molecule has 0 aliphatic rings. The van der Waals surface area contributed by atoms with Crippen molar-refractivity contribution in [2.24, 2.45) is 7.05 Å². The van der Waals surface area contributed by atoms with Gasteiger partial charge in [-0.2, -0.15) is 5.10 Å². The van der Waals surface area contributed by atoms with Gasteiger partial charge in [0.15, 0.2) is 5.82 Å². The molecule has 0 unspecified atom stereocenters. The molecule has 0 aromatic carbocycles. The van der Waals surface area contributed by atoms with E-state index in [4.69, 9.17) is 5.73 Å². The Balaban J connectivity index is 2.61. The van der Waals surface area contributed by atoms with E-state index < -0.39 is 0 Å². The number of hydrogen-bond donors (Lipinski definition) is 1. The number of aryl methyl sites for hydroxylation is 3. The van der Waals surface area contributed by atoms with Gasteiger partial charge in [-0.15, -0.1) is 0 Å². The number of halogens is 1. The summed E-state index contributed by atoms with van der Waals surface area (Å²) in [5, 5.41) is 4.25. The number of nitrogen functional groups attached to an aromatic ring is 1. The molecular weight excluding hydrogens is 270 g/mol. The third kappa shape index (κ3) is 1.80. The molecule has 2 rings (SSSR count). The van der Waals surface area contributed by atoms with Crippen molar-refractivity contribution in [3.8, 4) is 11.4 Å². The van der Waals surface area contributed by atoms with Gasteiger partial charge in [-0.25, -0.2) is 9.97 Å². The van der Waals surface area contributed by atoms with E-state index in [9.17, 15) is 0 Å². The topological polar surface area (TPSA) is 69.6 Å². The van der Waals surface area contributed by atoms with Gasteiger partial charge in [-0.3, -0.25) is 4.68 Å². The number of nitrogens with zero attached hydrogens (tertiary/aromatic N) is 4. The Labute approximate surface area is 102 Å². The summed E-state index contributed by atoms with van der Waals surface area (Å²) < 4.78 is 2.49. The van der Waals surface area contributed by atoms with Crippen molar-refractivity contribution in [2.75, 3.05) is 5.73 Å².